The van der Waals surface area contributed by atoms with Gasteiger partial charge in [0.05, 0.1) is 0 Å². The Kier molecular flexibility index (Phi) is 7.68. The van der Waals surface area contributed by atoms with Gasteiger partial charge < -0.3 is 4.42 Å². The molecule has 9 aromatic rings. The zero-order chi connectivity index (χ0) is 36.5. The Hall–Kier alpha value is -5.92. The summed E-state index contributed by atoms with van der Waals surface area (Å²) < 4.78 is 6.46. The fraction of sp³-hybridized carbons (Fsp3) is 0.154. The fourth-order valence-electron chi connectivity index (χ4n) is 8.09. The van der Waals surface area contributed by atoms with Crippen LogP contribution in [0.15, 0.2) is 162 Å². The van der Waals surface area contributed by atoms with Gasteiger partial charge in [0, 0.05) is 16.3 Å². The van der Waals surface area contributed by atoms with Gasteiger partial charge in [-0.3, -0.25) is 0 Å². The van der Waals surface area contributed by atoms with Crippen molar-refractivity contribution in [1.82, 2.24) is 0 Å². The number of hydrogen-bond acceptors (Lipinski definition) is 1. The molecule has 8 aromatic carbocycles. The molecule has 0 atom stereocenters. The molecular formula is C52H44O. The van der Waals surface area contributed by atoms with Crippen LogP contribution >= 0.6 is 0 Å². The van der Waals surface area contributed by atoms with Crippen molar-refractivity contribution in [2.75, 3.05) is 0 Å². The highest BCUT2D eigenvalue weighted by Gasteiger charge is 2.21. The van der Waals surface area contributed by atoms with Gasteiger partial charge in [-0.25, -0.2) is 0 Å². The second-order valence-corrected chi connectivity index (χ2v) is 16.6. The molecule has 258 valence electrons. The zero-order valence-electron chi connectivity index (χ0n) is 31.4. The van der Waals surface area contributed by atoms with E-state index >= 15 is 0 Å². The summed E-state index contributed by atoms with van der Waals surface area (Å²) in [4.78, 5) is 0. The Bertz CT molecular complexity index is 2820. The van der Waals surface area contributed by atoms with Crippen LogP contribution in [0.4, 0.5) is 0 Å². The first kappa shape index (κ1) is 33.0. The molecule has 1 heteroatoms. The number of para-hydroxylation sites is 2. The van der Waals surface area contributed by atoms with Gasteiger partial charge in [-0.1, -0.05) is 181 Å². The van der Waals surface area contributed by atoms with Gasteiger partial charge in [0.1, 0.15) is 11.2 Å². The number of hydrogen-bond donors (Lipinski definition) is 0. The third-order valence-corrected chi connectivity index (χ3v) is 11.0. The van der Waals surface area contributed by atoms with Crippen LogP contribution in [0, 0.1) is 0 Å². The summed E-state index contributed by atoms with van der Waals surface area (Å²) in [5, 5.41) is 7.34. The molecule has 1 nitrogen and oxygen atoms in total. The number of fused-ring (bicyclic) bond motifs is 5. The summed E-state index contributed by atoms with van der Waals surface area (Å²) in [6, 6.07) is 58.2. The lowest BCUT2D eigenvalue weighted by Crippen LogP contribution is -2.10. The molecule has 0 bridgehead atoms. The van der Waals surface area contributed by atoms with Crippen molar-refractivity contribution in [2.24, 2.45) is 0 Å². The minimum Gasteiger partial charge on any atom is -0.455 e. The van der Waals surface area contributed by atoms with E-state index in [1.54, 1.807) is 0 Å². The molecule has 0 spiro atoms. The van der Waals surface area contributed by atoms with E-state index in [4.69, 9.17) is 4.42 Å². The van der Waals surface area contributed by atoms with Crippen molar-refractivity contribution in [3.63, 3.8) is 0 Å². The Balaban J connectivity index is 1.28. The first-order valence-electron chi connectivity index (χ1n) is 18.8. The van der Waals surface area contributed by atoms with Gasteiger partial charge in [0.25, 0.3) is 0 Å². The molecule has 0 aliphatic rings. The third-order valence-electron chi connectivity index (χ3n) is 11.0. The molecule has 0 aliphatic heterocycles. The molecular weight excluding hydrogens is 641 g/mol. The van der Waals surface area contributed by atoms with Gasteiger partial charge in [0.2, 0.25) is 0 Å². The van der Waals surface area contributed by atoms with E-state index in [0.717, 1.165) is 33.1 Å². The molecule has 53 heavy (non-hydrogen) atoms. The summed E-state index contributed by atoms with van der Waals surface area (Å²) in [7, 11) is 0. The highest BCUT2D eigenvalue weighted by Crippen LogP contribution is 2.46. The molecule has 0 radical (unpaired) electrons. The lowest BCUT2D eigenvalue weighted by Gasteiger charge is -2.22. The van der Waals surface area contributed by atoms with E-state index < -0.39 is 0 Å². The van der Waals surface area contributed by atoms with Crippen LogP contribution in [-0.4, -0.2) is 0 Å². The van der Waals surface area contributed by atoms with Crippen molar-refractivity contribution in [3.05, 3.63) is 169 Å². The van der Waals surface area contributed by atoms with Gasteiger partial charge in [-0.2, -0.15) is 0 Å². The minimum absolute atomic E-state index is 0.0800. The second-order valence-electron chi connectivity index (χ2n) is 16.6. The molecule has 1 heterocycles. The fourth-order valence-corrected chi connectivity index (χ4v) is 8.09. The summed E-state index contributed by atoms with van der Waals surface area (Å²) in [6.45, 7) is 13.7. The van der Waals surface area contributed by atoms with Crippen LogP contribution < -0.4 is 0 Å². The minimum atomic E-state index is 0.0800. The van der Waals surface area contributed by atoms with Crippen molar-refractivity contribution in [3.8, 4) is 44.5 Å². The molecule has 0 aliphatic carbocycles. The maximum atomic E-state index is 6.46. The maximum Gasteiger partial charge on any atom is 0.143 e. The van der Waals surface area contributed by atoms with Crippen LogP contribution in [0.25, 0.3) is 88.0 Å². The number of rotatable bonds is 4. The molecule has 0 N–H and O–H groups in total. The van der Waals surface area contributed by atoms with E-state index in [2.05, 4.69) is 193 Å². The van der Waals surface area contributed by atoms with E-state index in [0.29, 0.717) is 0 Å². The van der Waals surface area contributed by atoms with Crippen molar-refractivity contribution >= 4 is 43.5 Å². The lowest BCUT2D eigenvalue weighted by molar-refractivity contribution is 0.590. The van der Waals surface area contributed by atoms with E-state index in [1.165, 1.54) is 66.1 Å². The Labute approximate surface area is 312 Å². The molecule has 9 rings (SSSR count). The summed E-state index contributed by atoms with van der Waals surface area (Å²) in [5.74, 6) is 0. The predicted molar refractivity (Wildman–Crippen MR) is 228 cm³/mol. The summed E-state index contributed by atoms with van der Waals surface area (Å²) >= 11 is 0. The summed E-state index contributed by atoms with van der Waals surface area (Å²) in [6.07, 6.45) is 0. The van der Waals surface area contributed by atoms with Crippen LogP contribution in [0.2, 0.25) is 0 Å². The van der Waals surface area contributed by atoms with Crippen molar-refractivity contribution in [1.29, 1.82) is 0 Å². The molecule has 0 saturated heterocycles. The average Bonchev–Trinajstić information content (AvgIpc) is 3.55. The van der Waals surface area contributed by atoms with Gasteiger partial charge in [-0.15, -0.1) is 0 Å². The van der Waals surface area contributed by atoms with Crippen molar-refractivity contribution < 1.29 is 4.42 Å². The topological polar surface area (TPSA) is 13.1 Å². The molecule has 0 unspecified atom stereocenters. The quantitative estimate of drug-likeness (QED) is 0.168. The van der Waals surface area contributed by atoms with E-state index in [9.17, 15) is 0 Å². The smallest absolute Gasteiger partial charge is 0.143 e. The van der Waals surface area contributed by atoms with Crippen LogP contribution in [-0.2, 0) is 10.8 Å². The number of furan rings is 1. The monoisotopic (exact) mass is 684 g/mol. The average molecular weight is 685 g/mol. The normalized spacial score (nSPS) is 12.3. The van der Waals surface area contributed by atoms with Crippen LogP contribution in [0.1, 0.15) is 52.7 Å². The summed E-state index contributed by atoms with van der Waals surface area (Å²) in [5.41, 5.74) is 14.3. The second kappa shape index (κ2) is 12.3. The van der Waals surface area contributed by atoms with E-state index in [-0.39, 0.29) is 10.8 Å². The highest BCUT2D eigenvalue weighted by atomic mass is 16.3. The van der Waals surface area contributed by atoms with E-state index in [1.807, 2.05) is 6.07 Å². The Morgan fingerprint density at radius 2 is 0.811 bits per heavy atom. The van der Waals surface area contributed by atoms with Crippen LogP contribution in [0.5, 0.6) is 0 Å². The molecule has 0 fully saturated rings. The van der Waals surface area contributed by atoms with Crippen LogP contribution in [0.3, 0.4) is 0 Å². The SMILES string of the molecule is CC(C)(C)c1ccc(-c2c3ccccc3c(-c3ccc(C(C)(C)C)cc3)c3cc(-c4cccc(-c5cccc6c5oc5ccccc56)c4)ccc23)cc1. The first-order chi connectivity index (χ1) is 25.5. The predicted octanol–water partition coefficient (Wildman–Crippen LogP) is 15.2. The molecule has 0 amide bonds. The van der Waals surface area contributed by atoms with Gasteiger partial charge >= 0.3 is 0 Å². The van der Waals surface area contributed by atoms with Gasteiger partial charge in [0.15, 0.2) is 0 Å². The molecule has 1 aromatic heterocycles. The molecule has 0 saturated carbocycles. The zero-order valence-corrected chi connectivity index (χ0v) is 31.4. The third kappa shape index (κ3) is 5.72. The Morgan fingerprint density at radius 3 is 1.43 bits per heavy atom. The lowest BCUT2D eigenvalue weighted by atomic mass is 9.82. The van der Waals surface area contributed by atoms with Crippen molar-refractivity contribution in [2.45, 2.75) is 52.4 Å². The Morgan fingerprint density at radius 1 is 0.340 bits per heavy atom. The highest BCUT2D eigenvalue weighted by molar-refractivity contribution is 6.22. The van der Waals surface area contributed by atoms with Gasteiger partial charge in [-0.05, 0) is 101 Å². The standard InChI is InChI=1S/C52H44O/c1-51(2,3)38-26-21-33(22-27-38)48-42-16-7-8-17-43(42)49(34-23-28-39(29-24-34)52(4,5)6)46-32-36(25-30-44(46)48)35-13-11-14-37(31-35)40-18-12-19-45-41-15-9-10-20-47(41)53-50(40)45/h7-32H,1-6H3. The largest absolute Gasteiger partial charge is 0.455 e. The first-order valence-corrected chi connectivity index (χ1v) is 18.8. The number of benzene rings is 8. The maximum absolute atomic E-state index is 6.46.